The second-order valence-corrected chi connectivity index (χ2v) is 11.0. The van der Waals surface area contributed by atoms with Crippen LogP contribution in [0.15, 0.2) is 41.3 Å². The van der Waals surface area contributed by atoms with Gasteiger partial charge < -0.3 is 14.8 Å². The number of hydrogen-bond acceptors (Lipinski definition) is 6. The van der Waals surface area contributed by atoms with E-state index >= 15 is 0 Å². The number of nitrogens with one attached hydrogen (secondary N) is 1. The zero-order valence-electron chi connectivity index (χ0n) is 18.8. The van der Waals surface area contributed by atoms with Gasteiger partial charge in [-0.2, -0.15) is 4.31 Å². The molecule has 3 aliphatic heterocycles. The smallest absolute Gasteiger partial charge is 0.244 e. The van der Waals surface area contributed by atoms with Crippen molar-refractivity contribution < 1.29 is 22.7 Å². The van der Waals surface area contributed by atoms with Crippen LogP contribution in [0.5, 0.6) is 11.5 Å². The Labute approximate surface area is 204 Å². The minimum Gasteiger partial charge on any atom is -0.490 e. The molecule has 2 aromatic carbocycles. The lowest BCUT2D eigenvalue weighted by Gasteiger charge is -2.26. The Kier molecular flexibility index (Phi) is 6.55. The highest BCUT2D eigenvalue weighted by molar-refractivity contribution is 7.89. The molecule has 1 N–H and O–H groups in total. The number of rotatable bonds is 4. The van der Waals surface area contributed by atoms with Gasteiger partial charge in [0, 0.05) is 49.0 Å². The molecule has 0 saturated carbocycles. The number of carbonyl (C=O) groups excluding carboxylic acids is 1. The van der Waals surface area contributed by atoms with E-state index in [4.69, 9.17) is 21.1 Å². The molecule has 2 aromatic rings. The molecular formula is C25H27ClN2O5S. The number of hydrogen-bond donors (Lipinski definition) is 1. The average Bonchev–Trinajstić information content (AvgIpc) is 3.08. The minimum atomic E-state index is -3.76. The molecule has 1 saturated heterocycles. The van der Waals surface area contributed by atoms with Crippen molar-refractivity contribution in [1.82, 2.24) is 9.62 Å². The van der Waals surface area contributed by atoms with Crippen molar-refractivity contribution in [2.24, 2.45) is 0 Å². The lowest BCUT2D eigenvalue weighted by molar-refractivity contribution is 0.104. The van der Waals surface area contributed by atoms with Crippen molar-refractivity contribution in [3.63, 3.8) is 0 Å². The summed E-state index contributed by atoms with van der Waals surface area (Å²) in [6.07, 6.45) is 5.80. The molecule has 0 unspecified atom stereocenters. The highest BCUT2D eigenvalue weighted by Crippen LogP contribution is 2.37. The molecule has 0 spiro atoms. The molecule has 3 heterocycles. The van der Waals surface area contributed by atoms with E-state index in [1.807, 2.05) is 12.1 Å². The van der Waals surface area contributed by atoms with Crippen LogP contribution in [0.4, 0.5) is 0 Å². The fourth-order valence-corrected chi connectivity index (χ4v) is 6.59. The van der Waals surface area contributed by atoms with E-state index in [9.17, 15) is 13.2 Å². The highest BCUT2D eigenvalue weighted by Gasteiger charge is 2.29. The van der Waals surface area contributed by atoms with E-state index in [0.717, 1.165) is 49.0 Å². The maximum atomic E-state index is 13.2. The summed E-state index contributed by atoms with van der Waals surface area (Å²) in [5, 5.41) is 3.42. The molecule has 3 aliphatic rings. The molecule has 0 bridgehead atoms. The predicted molar refractivity (Wildman–Crippen MR) is 130 cm³/mol. The largest absolute Gasteiger partial charge is 0.490 e. The van der Waals surface area contributed by atoms with Crippen molar-refractivity contribution in [2.75, 3.05) is 32.8 Å². The number of halogens is 1. The van der Waals surface area contributed by atoms with Gasteiger partial charge in [0.05, 0.1) is 18.2 Å². The van der Waals surface area contributed by atoms with Crippen LogP contribution in [0, 0.1) is 0 Å². The van der Waals surface area contributed by atoms with Crippen LogP contribution in [0.1, 0.15) is 47.2 Å². The molecule has 0 aliphatic carbocycles. The summed E-state index contributed by atoms with van der Waals surface area (Å²) in [7, 11) is -3.76. The van der Waals surface area contributed by atoms with Gasteiger partial charge in [-0.05, 0) is 55.2 Å². The van der Waals surface area contributed by atoms with Gasteiger partial charge in [0.25, 0.3) is 0 Å². The first-order valence-corrected chi connectivity index (χ1v) is 13.5. The normalized spacial score (nSPS) is 19.7. The monoisotopic (exact) mass is 502 g/mol. The fraction of sp³-hybridized carbons (Fsp3) is 0.400. The average molecular weight is 503 g/mol. The summed E-state index contributed by atoms with van der Waals surface area (Å²) in [6.45, 7) is 2.82. The third-order valence-corrected chi connectivity index (χ3v) is 8.78. The van der Waals surface area contributed by atoms with E-state index in [2.05, 4.69) is 5.32 Å². The number of sulfonamides is 1. The zero-order valence-corrected chi connectivity index (χ0v) is 20.4. The molecule has 0 radical (unpaired) electrons. The van der Waals surface area contributed by atoms with Crippen LogP contribution in [-0.4, -0.2) is 51.4 Å². The van der Waals surface area contributed by atoms with Crippen molar-refractivity contribution in [2.45, 2.75) is 37.0 Å². The van der Waals surface area contributed by atoms with Gasteiger partial charge in [0.1, 0.15) is 4.90 Å². The number of benzene rings is 2. The highest BCUT2D eigenvalue weighted by atomic mass is 35.5. The number of ether oxygens (including phenoxy) is 2. The van der Waals surface area contributed by atoms with Crippen LogP contribution in [-0.2, 0) is 16.4 Å². The Morgan fingerprint density at radius 1 is 1.00 bits per heavy atom. The summed E-state index contributed by atoms with van der Waals surface area (Å²) in [5.74, 6) is 1.10. The molecular weight excluding hydrogens is 476 g/mol. The quantitative estimate of drug-likeness (QED) is 0.501. The molecule has 0 aromatic heterocycles. The number of ketones is 1. The van der Waals surface area contributed by atoms with Crippen molar-refractivity contribution in [1.29, 1.82) is 0 Å². The van der Waals surface area contributed by atoms with Gasteiger partial charge in [0.15, 0.2) is 17.3 Å². The molecule has 34 heavy (non-hydrogen) atoms. The van der Waals surface area contributed by atoms with Gasteiger partial charge in [0.2, 0.25) is 10.0 Å². The lowest BCUT2D eigenvalue weighted by atomic mass is 9.95. The Morgan fingerprint density at radius 2 is 1.74 bits per heavy atom. The van der Waals surface area contributed by atoms with E-state index in [0.29, 0.717) is 44.3 Å². The zero-order chi connectivity index (χ0) is 23.7. The van der Waals surface area contributed by atoms with Crippen molar-refractivity contribution in [3.8, 4) is 11.5 Å². The first kappa shape index (κ1) is 23.2. The van der Waals surface area contributed by atoms with Gasteiger partial charge in [-0.3, -0.25) is 4.79 Å². The Bertz CT molecular complexity index is 1250. The van der Waals surface area contributed by atoms with Gasteiger partial charge in [-0.25, -0.2) is 8.42 Å². The first-order valence-electron chi connectivity index (χ1n) is 11.7. The number of nitrogens with zero attached hydrogens (tertiary/aromatic N) is 1. The second-order valence-electron chi connectivity index (χ2n) is 8.72. The van der Waals surface area contributed by atoms with Crippen molar-refractivity contribution in [3.05, 3.63) is 58.1 Å². The Morgan fingerprint density at radius 3 is 2.50 bits per heavy atom. The topological polar surface area (TPSA) is 84.9 Å². The van der Waals surface area contributed by atoms with Crippen LogP contribution in [0.25, 0.3) is 5.70 Å². The number of carbonyl (C=O) groups is 1. The Hall–Kier alpha value is -2.55. The van der Waals surface area contributed by atoms with E-state index in [1.165, 1.54) is 22.5 Å². The van der Waals surface area contributed by atoms with E-state index < -0.39 is 10.0 Å². The van der Waals surface area contributed by atoms with Crippen LogP contribution in [0.2, 0.25) is 5.02 Å². The maximum Gasteiger partial charge on any atom is 0.244 e. The summed E-state index contributed by atoms with van der Waals surface area (Å²) < 4.78 is 39.4. The van der Waals surface area contributed by atoms with Crippen LogP contribution in [0.3, 0.4) is 0 Å². The molecule has 5 rings (SSSR count). The Balaban J connectivity index is 1.47. The summed E-state index contributed by atoms with van der Waals surface area (Å²) in [4.78, 5) is 13.2. The molecule has 7 nitrogen and oxygen atoms in total. The molecule has 9 heteroatoms. The van der Waals surface area contributed by atoms with Crippen LogP contribution >= 0.6 is 11.6 Å². The fourth-order valence-electron chi connectivity index (χ4n) is 4.58. The minimum absolute atomic E-state index is 0.0202. The predicted octanol–water partition coefficient (Wildman–Crippen LogP) is 4.05. The van der Waals surface area contributed by atoms with E-state index in [-0.39, 0.29) is 21.3 Å². The van der Waals surface area contributed by atoms with Gasteiger partial charge in [-0.1, -0.05) is 18.0 Å². The molecule has 180 valence electrons. The summed E-state index contributed by atoms with van der Waals surface area (Å²) >= 11 is 6.27. The second kappa shape index (κ2) is 9.60. The third kappa shape index (κ3) is 4.54. The first-order chi connectivity index (χ1) is 16.4. The molecule has 0 amide bonds. The van der Waals surface area contributed by atoms with E-state index in [1.54, 1.807) is 6.07 Å². The van der Waals surface area contributed by atoms with Crippen molar-refractivity contribution >= 4 is 33.1 Å². The number of fused-ring (bicyclic) bond motifs is 2. The maximum absolute atomic E-state index is 13.2. The summed E-state index contributed by atoms with van der Waals surface area (Å²) in [6, 6.07) is 8.34. The lowest BCUT2D eigenvalue weighted by Crippen LogP contribution is -2.35. The third-order valence-electron chi connectivity index (χ3n) is 6.40. The standard InChI is InChI=1S/C25H27ClN2O5S/c26-20-6-5-18(14-25(20)34(30,31)28-9-2-1-3-10-28)22(29)16-21-19-15-24-23(32-11-4-12-33-24)13-17(19)7-8-27-21/h5-6,13-16,27H,1-4,7-12H2. The number of allylic oxidation sites excluding steroid dienone is 1. The summed E-state index contributed by atoms with van der Waals surface area (Å²) in [5.41, 5.74) is 2.92. The number of piperidine rings is 1. The van der Waals surface area contributed by atoms with Gasteiger partial charge >= 0.3 is 0 Å². The van der Waals surface area contributed by atoms with Crippen LogP contribution < -0.4 is 14.8 Å². The SMILES string of the molecule is O=C(C=C1NCCc2cc3c(cc21)OCCCO3)c1ccc(Cl)c(S(=O)(=O)N2CCCCC2)c1. The molecule has 0 atom stereocenters. The molecule has 1 fully saturated rings. The van der Waals surface area contributed by atoms with Gasteiger partial charge in [-0.15, -0.1) is 0 Å².